The van der Waals surface area contributed by atoms with Crippen LogP contribution < -0.4 is 0 Å². The number of ether oxygens (including phenoxy) is 1. The van der Waals surface area contributed by atoms with Crippen molar-refractivity contribution in [3.8, 4) is 0 Å². The van der Waals surface area contributed by atoms with E-state index in [2.05, 4.69) is 40.4 Å². The number of nitrogens with zero attached hydrogens (tertiary/aromatic N) is 3. The fourth-order valence-electron chi connectivity index (χ4n) is 3.28. The van der Waals surface area contributed by atoms with Crippen LogP contribution in [0.5, 0.6) is 0 Å². The maximum atomic E-state index is 6.39. The van der Waals surface area contributed by atoms with Gasteiger partial charge in [-0.05, 0) is 34.0 Å². The number of benzene rings is 2. The van der Waals surface area contributed by atoms with Crippen molar-refractivity contribution in [3.63, 3.8) is 0 Å². The van der Waals surface area contributed by atoms with Crippen LogP contribution in [0.4, 0.5) is 0 Å². The summed E-state index contributed by atoms with van der Waals surface area (Å²) in [4.78, 5) is 4.21. The van der Waals surface area contributed by atoms with Crippen LogP contribution in [0.25, 0.3) is 10.8 Å². The summed E-state index contributed by atoms with van der Waals surface area (Å²) in [7, 11) is 1.89. The van der Waals surface area contributed by atoms with Gasteiger partial charge in [-0.3, -0.25) is 9.67 Å². The van der Waals surface area contributed by atoms with Gasteiger partial charge >= 0.3 is 0 Å². The first kappa shape index (κ1) is 17.7. The van der Waals surface area contributed by atoms with Crippen LogP contribution in [0.3, 0.4) is 0 Å². The molecule has 0 aliphatic carbocycles. The summed E-state index contributed by atoms with van der Waals surface area (Å²) in [6, 6.07) is 18.7. The van der Waals surface area contributed by atoms with E-state index in [0.29, 0.717) is 18.1 Å². The Hall–Kier alpha value is -2.69. The van der Waals surface area contributed by atoms with E-state index in [1.165, 1.54) is 10.8 Å². The van der Waals surface area contributed by atoms with Gasteiger partial charge in [0.15, 0.2) is 0 Å². The molecule has 2 aromatic heterocycles. The first-order valence-corrected chi connectivity index (χ1v) is 9.24. The van der Waals surface area contributed by atoms with Crippen LogP contribution in [-0.2, 0) is 24.8 Å². The van der Waals surface area contributed by atoms with Crippen molar-refractivity contribution >= 4 is 22.4 Å². The molecule has 2 heterocycles. The summed E-state index contributed by atoms with van der Waals surface area (Å²) in [6.45, 7) is 0.497. The van der Waals surface area contributed by atoms with Crippen LogP contribution in [0.1, 0.15) is 22.9 Å². The predicted octanol–water partition coefficient (Wildman–Crippen LogP) is 5.12. The fourth-order valence-corrected chi connectivity index (χ4v) is 3.56. The Bertz CT molecular complexity index is 1030. The molecule has 0 bridgehead atoms. The van der Waals surface area contributed by atoms with Crippen molar-refractivity contribution in [2.75, 3.05) is 0 Å². The molecule has 0 aliphatic rings. The summed E-state index contributed by atoms with van der Waals surface area (Å²) in [6.07, 6.45) is 5.76. The van der Waals surface area contributed by atoms with E-state index in [9.17, 15) is 0 Å². The highest BCUT2D eigenvalue weighted by molar-refractivity contribution is 6.31. The summed E-state index contributed by atoms with van der Waals surface area (Å²) in [5.74, 6) is 0. The SMILES string of the molecule is Cn1ncc(Cl)c1[C@@H](Cc1cccnc1)OCc1ccc2ccccc2c1. The largest absolute Gasteiger partial charge is 0.367 e. The summed E-state index contributed by atoms with van der Waals surface area (Å²) in [5, 5.41) is 7.31. The number of aromatic nitrogens is 3. The Labute approximate surface area is 163 Å². The first-order valence-electron chi connectivity index (χ1n) is 8.86. The summed E-state index contributed by atoms with van der Waals surface area (Å²) < 4.78 is 8.10. The van der Waals surface area contributed by atoms with Crippen LogP contribution in [0, 0.1) is 0 Å². The molecule has 4 nitrogen and oxygen atoms in total. The van der Waals surface area contributed by atoms with Crippen LogP contribution in [0.15, 0.2) is 73.2 Å². The average molecular weight is 378 g/mol. The van der Waals surface area contributed by atoms with E-state index in [-0.39, 0.29) is 6.10 Å². The Morgan fingerprint density at radius 2 is 1.85 bits per heavy atom. The third-order valence-electron chi connectivity index (χ3n) is 4.65. The predicted molar refractivity (Wildman–Crippen MR) is 108 cm³/mol. The van der Waals surface area contributed by atoms with Gasteiger partial charge in [0.25, 0.3) is 0 Å². The van der Waals surface area contributed by atoms with Gasteiger partial charge in [-0.15, -0.1) is 0 Å². The highest BCUT2D eigenvalue weighted by Gasteiger charge is 2.21. The Balaban J connectivity index is 1.58. The smallest absolute Gasteiger partial charge is 0.105 e. The molecule has 5 heteroatoms. The van der Waals surface area contributed by atoms with Gasteiger partial charge in [-0.2, -0.15) is 5.10 Å². The molecule has 0 amide bonds. The molecule has 0 aliphatic heterocycles. The van der Waals surface area contributed by atoms with E-state index in [0.717, 1.165) is 16.8 Å². The molecule has 2 aromatic carbocycles. The maximum Gasteiger partial charge on any atom is 0.105 e. The van der Waals surface area contributed by atoms with Crippen molar-refractivity contribution in [3.05, 3.63) is 95.0 Å². The number of aryl methyl sites for hydroxylation is 1. The van der Waals surface area contributed by atoms with Gasteiger partial charge in [0.05, 0.1) is 23.5 Å². The van der Waals surface area contributed by atoms with E-state index in [1.54, 1.807) is 17.1 Å². The zero-order chi connectivity index (χ0) is 18.6. The highest BCUT2D eigenvalue weighted by atomic mass is 35.5. The minimum absolute atomic E-state index is 0.208. The maximum absolute atomic E-state index is 6.39. The van der Waals surface area contributed by atoms with E-state index in [4.69, 9.17) is 16.3 Å². The topological polar surface area (TPSA) is 39.9 Å². The number of hydrogen-bond acceptors (Lipinski definition) is 3. The second kappa shape index (κ2) is 7.91. The zero-order valence-electron chi connectivity index (χ0n) is 15.0. The standard InChI is InChI=1S/C22H20ClN3O/c1-26-22(20(23)14-25-26)21(12-16-5-4-10-24-13-16)27-15-17-8-9-18-6-2-3-7-19(18)11-17/h2-11,13-14,21H,12,15H2,1H3/t21-/m1/s1. The van der Waals surface area contributed by atoms with Gasteiger partial charge in [0, 0.05) is 25.9 Å². The number of rotatable bonds is 6. The molecule has 0 unspecified atom stereocenters. The third-order valence-corrected chi connectivity index (χ3v) is 4.94. The van der Waals surface area contributed by atoms with Crippen LogP contribution in [-0.4, -0.2) is 14.8 Å². The van der Waals surface area contributed by atoms with Crippen molar-refractivity contribution in [2.24, 2.45) is 7.05 Å². The van der Waals surface area contributed by atoms with Gasteiger partial charge < -0.3 is 4.74 Å². The summed E-state index contributed by atoms with van der Waals surface area (Å²) in [5.41, 5.74) is 3.10. The molecule has 27 heavy (non-hydrogen) atoms. The molecule has 0 N–H and O–H groups in total. The second-order valence-electron chi connectivity index (χ2n) is 6.55. The van der Waals surface area contributed by atoms with Gasteiger partial charge in [0.2, 0.25) is 0 Å². The first-order chi connectivity index (χ1) is 13.2. The lowest BCUT2D eigenvalue weighted by Crippen LogP contribution is -2.13. The number of hydrogen-bond donors (Lipinski definition) is 0. The van der Waals surface area contributed by atoms with E-state index < -0.39 is 0 Å². The average Bonchev–Trinajstić information content (AvgIpc) is 3.04. The third kappa shape index (κ3) is 4.02. The summed E-state index contributed by atoms with van der Waals surface area (Å²) >= 11 is 6.39. The van der Waals surface area contributed by atoms with Crippen molar-refractivity contribution in [2.45, 2.75) is 19.1 Å². The lowest BCUT2D eigenvalue weighted by molar-refractivity contribution is 0.0347. The number of halogens is 1. The number of fused-ring (bicyclic) bond motifs is 1. The molecule has 0 spiro atoms. The monoisotopic (exact) mass is 377 g/mol. The van der Waals surface area contributed by atoms with Crippen molar-refractivity contribution in [1.82, 2.24) is 14.8 Å². The van der Waals surface area contributed by atoms with Gasteiger partial charge in [-0.25, -0.2) is 0 Å². The molecule has 0 saturated carbocycles. The normalized spacial score (nSPS) is 12.4. The molecule has 4 rings (SSSR count). The molecule has 0 saturated heterocycles. The van der Waals surface area contributed by atoms with E-state index in [1.807, 2.05) is 37.5 Å². The molecule has 136 valence electrons. The molecular weight excluding hydrogens is 358 g/mol. The van der Waals surface area contributed by atoms with Gasteiger partial charge in [-0.1, -0.05) is 54.1 Å². The molecular formula is C22H20ClN3O. The van der Waals surface area contributed by atoms with Crippen LogP contribution in [0.2, 0.25) is 5.02 Å². The minimum atomic E-state index is -0.208. The van der Waals surface area contributed by atoms with Gasteiger partial charge in [0.1, 0.15) is 6.10 Å². The lowest BCUT2D eigenvalue weighted by atomic mass is 10.1. The van der Waals surface area contributed by atoms with Crippen molar-refractivity contribution in [1.29, 1.82) is 0 Å². The highest BCUT2D eigenvalue weighted by Crippen LogP contribution is 2.29. The Morgan fingerprint density at radius 1 is 1.00 bits per heavy atom. The number of pyridine rings is 1. The molecule has 0 fully saturated rings. The lowest BCUT2D eigenvalue weighted by Gasteiger charge is -2.19. The molecule has 0 radical (unpaired) electrons. The van der Waals surface area contributed by atoms with Crippen LogP contribution >= 0.6 is 11.6 Å². The molecule has 1 atom stereocenters. The van der Waals surface area contributed by atoms with Crippen molar-refractivity contribution < 1.29 is 4.74 Å². The second-order valence-corrected chi connectivity index (χ2v) is 6.96. The minimum Gasteiger partial charge on any atom is -0.367 e. The Morgan fingerprint density at radius 3 is 2.59 bits per heavy atom. The Kier molecular flexibility index (Phi) is 5.19. The fraction of sp³-hybridized carbons (Fsp3) is 0.182. The van der Waals surface area contributed by atoms with E-state index >= 15 is 0 Å². The quantitative estimate of drug-likeness (QED) is 0.468. The molecule has 4 aromatic rings. The zero-order valence-corrected chi connectivity index (χ0v) is 15.8.